The van der Waals surface area contributed by atoms with Gasteiger partial charge in [-0.1, -0.05) is 40.7 Å². The Labute approximate surface area is 70.9 Å². The summed E-state index contributed by atoms with van der Waals surface area (Å²) in [5, 5.41) is 3.29. The minimum atomic E-state index is 0.338. The van der Waals surface area contributed by atoms with Crippen molar-refractivity contribution in [1.82, 2.24) is 5.32 Å². The van der Waals surface area contributed by atoms with Gasteiger partial charge in [0.1, 0.15) is 0 Å². The molecule has 1 N–H and O–H groups in total. The Morgan fingerprint density at radius 3 is 2.27 bits per heavy atom. The molecule has 0 heterocycles. The molecular formula is C10H21N. The molecule has 0 spiro atoms. The van der Waals surface area contributed by atoms with Crippen molar-refractivity contribution < 1.29 is 0 Å². The molecule has 0 fully saturated rings. The average Bonchev–Trinajstić information content (AvgIpc) is 1.85. The number of hydrogen-bond donors (Lipinski definition) is 1. The van der Waals surface area contributed by atoms with Crippen molar-refractivity contribution in [3.63, 3.8) is 0 Å². The minimum absolute atomic E-state index is 0.338. The van der Waals surface area contributed by atoms with Gasteiger partial charge in [0.2, 0.25) is 0 Å². The molecule has 11 heavy (non-hydrogen) atoms. The van der Waals surface area contributed by atoms with Crippen molar-refractivity contribution in [3.05, 3.63) is 12.8 Å². The summed E-state index contributed by atoms with van der Waals surface area (Å²) in [5.74, 6) is 0. The van der Waals surface area contributed by atoms with Crippen molar-refractivity contribution in [2.45, 2.75) is 46.6 Å². The Bertz CT molecular complexity index is 111. The zero-order valence-electron chi connectivity index (χ0n) is 8.28. The Hall–Kier alpha value is -0.460. The van der Waals surface area contributed by atoms with Crippen LogP contribution in [-0.2, 0) is 0 Å². The summed E-state index contributed by atoms with van der Waals surface area (Å²) < 4.78 is 0. The molecule has 0 radical (unpaired) electrons. The average molecular weight is 155 g/mol. The molecule has 0 aliphatic carbocycles. The number of nitrogens with one attached hydrogen (secondary N) is 1. The summed E-state index contributed by atoms with van der Waals surface area (Å²) in [6.45, 7) is 12.7. The van der Waals surface area contributed by atoms with Gasteiger partial charge in [-0.2, -0.15) is 0 Å². The van der Waals surface area contributed by atoms with Crippen molar-refractivity contribution in [3.8, 4) is 0 Å². The van der Waals surface area contributed by atoms with Gasteiger partial charge >= 0.3 is 0 Å². The number of rotatable bonds is 4. The predicted octanol–water partition coefficient (Wildman–Crippen LogP) is 2.93. The summed E-state index contributed by atoms with van der Waals surface area (Å²) in [4.78, 5) is 0. The number of hydrogen-bond acceptors (Lipinski definition) is 1. The second-order valence-electron chi connectivity index (χ2n) is 4.08. The molecule has 66 valence electrons. The maximum atomic E-state index is 3.69. The maximum Gasteiger partial charge on any atom is 0.0303 e. The highest BCUT2D eigenvalue weighted by atomic mass is 14.9. The van der Waals surface area contributed by atoms with Crippen LogP contribution in [-0.4, -0.2) is 6.04 Å². The van der Waals surface area contributed by atoms with Crippen molar-refractivity contribution in [2.75, 3.05) is 0 Å². The highest BCUT2D eigenvalue weighted by Crippen LogP contribution is 2.22. The molecule has 1 atom stereocenters. The lowest BCUT2D eigenvalue weighted by molar-refractivity contribution is 0.274. The lowest BCUT2D eigenvalue weighted by atomic mass is 9.84. The van der Waals surface area contributed by atoms with Gasteiger partial charge in [0, 0.05) is 6.04 Å². The second kappa shape index (κ2) is 4.42. The third-order valence-electron chi connectivity index (χ3n) is 1.94. The normalized spacial score (nSPS) is 14.2. The van der Waals surface area contributed by atoms with E-state index in [1.807, 2.05) is 0 Å². The highest BCUT2D eigenvalue weighted by molar-refractivity contribution is 4.83. The fraction of sp³-hybridized carbons (Fsp3) is 0.800. The van der Waals surface area contributed by atoms with E-state index in [-0.39, 0.29) is 0 Å². The van der Waals surface area contributed by atoms with E-state index in [4.69, 9.17) is 0 Å². The molecule has 1 unspecified atom stereocenters. The second-order valence-corrected chi connectivity index (χ2v) is 4.08. The Kier molecular flexibility index (Phi) is 4.24. The highest BCUT2D eigenvalue weighted by Gasteiger charge is 2.21. The molecule has 0 rings (SSSR count). The van der Waals surface area contributed by atoms with Crippen LogP contribution in [0.4, 0.5) is 0 Å². The van der Waals surface area contributed by atoms with Crippen molar-refractivity contribution >= 4 is 0 Å². The minimum Gasteiger partial charge on any atom is -0.388 e. The molecule has 1 nitrogen and oxygen atoms in total. The summed E-state index contributed by atoms with van der Waals surface area (Å²) in [7, 11) is 0. The van der Waals surface area contributed by atoms with E-state index < -0.39 is 0 Å². The van der Waals surface area contributed by atoms with E-state index in [1.54, 1.807) is 6.20 Å². The molecule has 0 amide bonds. The standard InChI is InChI=1S/C10H21N/c1-6-8-9(11-7-2)10(3,4)5/h7,9,11H,2,6,8H2,1,3-5H3. The van der Waals surface area contributed by atoms with Gasteiger partial charge in [-0.05, 0) is 18.0 Å². The van der Waals surface area contributed by atoms with Crippen LogP contribution in [0, 0.1) is 5.41 Å². The Morgan fingerprint density at radius 2 is 2.00 bits per heavy atom. The van der Waals surface area contributed by atoms with Gasteiger partial charge in [-0.3, -0.25) is 0 Å². The van der Waals surface area contributed by atoms with E-state index in [9.17, 15) is 0 Å². The Morgan fingerprint density at radius 1 is 1.45 bits per heavy atom. The van der Waals surface area contributed by atoms with Crippen LogP contribution in [0.2, 0.25) is 0 Å². The maximum absolute atomic E-state index is 3.69. The van der Waals surface area contributed by atoms with Crippen LogP contribution in [0.3, 0.4) is 0 Å². The van der Waals surface area contributed by atoms with Crippen LogP contribution in [0.1, 0.15) is 40.5 Å². The lowest BCUT2D eigenvalue weighted by Gasteiger charge is -2.30. The predicted molar refractivity (Wildman–Crippen MR) is 51.5 cm³/mol. The van der Waals surface area contributed by atoms with E-state index in [1.165, 1.54) is 12.8 Å². The molecule has 0 saturated heterocycles. The fourth-order valence-electron chi connectivity index (χ4n) is 1.20. The van der Waals surface area contributed by atoms with Gasteiger partial charge in [0.05, 0.1) is 0 Å². The van der Waals surface area contributed by atoms with Crippen LogP contribution in [0.15, 0.2) is 12.8 Å². The van der Waals surface area contributed by atoms with Crippen LogP contribution >= 0.6 is 0 Å². The molecule has 0 aliphatic heterocycles. The van der Waals surface area contributed by atoms with Gasteiger partial charge in [0.25, 0.3) is 0 Å². The summed E-state index contributed by atoms with van der Waals surface area (Å²) in [6.07, 6.45) is 4.24. The molecule has 0 saturated carbocycles. The van der Waals surface area contributed by atoms with Gasteiger partial charge < -0.3 is 5.32 Å². The van der Waals surface area contributed by atoms with Gasteiger partial charge in [0.15, 0.2) is 0 Å². The third kappa shape index (κ3) is 4.07. The first-order chi connectivity index (χ1) is 5.02. The summed E-state index contributed by atoms with van der Waals surface area (Å²) in [6, 6.07) is 0.560. The van der Waals surface area contributed by atoms with Crippen molar-refractivity contribution in [2.24, 2.45) is 5.41 Å². The topological polar surface area (TPSA) is 12.0 Å². The molecule has 0 aromatic rings. The van der Waals surface area contributed by atoms with Crippen LogP contribution in [0.25, 0.3) is 0 Å². The first-order valence-corrected chi connectivity index (χ1v) is 4.39. The third-order valence-corrected chi connectivity index (χ3v) is 1.94. The van der Waals surface area contributed by atoms with E-state index in [0.29, 0.717) is 11.5 Å². The van der Waals surface area contributed by atoms with Gasteiger partial charge in [-0.25, -0.2) is 0 Å². The SMILES string of the molecule is C=CNC(CCC)C(C)(C)C. The largest absolute Gasteiger partial charge is 0.388 e. The van der Waals surface area contributed by atoms with Crippen LogP contribution in [0.5, 0.6) is 0 Å². The molecule has 0 aromatic carbocycles. The fourth-order valence-corrected chi connectivity index (χ4v) is 1.20. The quantitative estimate of drug-likeness (QED) is 0.658. The zero-order valence-corrected chi connectivity index (χ0v) is 8.28. The zero-order chi connectivity index (χ0) is 8.91. The molecule has 0 bridgehead atoms. The Balaban J connectivity index is 3.97. The summed E-state index contributed by atoms with van der Waals surface area (Å²) in [5.41, 5.74) is 0.338. The van der Waals surface area contributed by atoms with Crippen molar-refractivity contribution in [1.29, 1.82) is 0 Å². The van der Waals surface area contributed by atoms with E-state index >= 15 is 0 Å². The molecule has 0 aromatic heterocycles. The first kappa shape index (κ1) is 10.5. The van der Waals surface area contributed by atoms with Gasteiger partial charge in [-0.15, -0.1) is 0 Å². The summed E-state index contributed by atoms with van der Waals surface area (Å²) >= 11 is 0. The molecular weight excluding hydrogens is 134 g/mol. The first-order valence-electron chi connectivity index (χ1n) is 4.39. The molecule has 1 heteroatoms. The van der Waals surface area contributed by atoms with E-state index in [0.717, 1.165) is 0 Å². The smallest absolute Gasteiger partial charge is 0.0303 e. The molecule has 0 aliphatic rings. The van der Waals surface area contributed by atoms with E-state index in [2.05, 4.69) is 39.6 Å². The monoisotopic (exact) mass is 155 g/mol. The van der Waals surface area contributed by atoms with Crippen LogP contribution < -0.4 is 5.32 Å². The lowest BCUT2D eigenvalue weighted by Crippen LogP contribution is -2.36.